The molecule has 2 aromatic carbocycles. The fraction of sp³-hybridized carbons (Fsp3) is 0.250. The number of nitrogens with one attached hydrogen (secondary N) is 1. The van der Waals surface area contributed by atoms with Crippen molar-refractivity contribution in [1.82, 2.24) is 9.88 Å². The third-order valence-electron chi connectivity index (χ3n) is 5.34. The SMILES string of the molecule is O=C(c1ccc(S(=O)(=O)Nc2ccncc2)cc1)N(Cc1cccc(F)c1)CC1CCCO1. The molecule has 172 valence electrons. The lowest BCUT2D eigenvalue weighted by atomic mass is 10.1. The van der Waals surface area contributed by atoms with E-state index in [1.807, 2.05) is 0 Å². The number of halogens is 1. The maximum atomic E-state index is 13.7. The smallest absolute Gasteiger partial charge is 0.261 e. The Morgan fingerprint density at radius 2 is 1.88 bits per heavy atom. The maximum absolute atomic E-state index is 13.7. The summed E-state index contributed by atoms with van der Waals surface area (Å²) >= 11 is 0. The molecular weight excluding hydrogens is 445 g/mol. The Kier molecular flexibility index (Phi) is 7.00. The molecule has 4 rings (SSSR count). The highest BCUT2D eigenvalue weighted by Gasteiger charge is 2.24. The number of carbonyl (C=O) groups is 1. The molecule has 1 amide bonds. The molecule has 0 bridgehead atoms. The number of pyridine rings is 1. The van der Waals surface area contributed by atoms with Gasteiger partial charge in [0, 0.05) is 37.7 Å². The van der Waals surface area contributed by atoms with Crippen molar-refractivity contribution in [2.24, 2.45) is 0 Å². The standard InChI is InChI=1S/C24H24FN3O4S/c25-20-4-1-3-18(15-20)16-28(17-22-5-2-14-32-22)24(29)19-6-8-23(9-7-19)33(30,31)27-21-10-12-26-13-11-21/h1,3-4,6-13,15,22H,2,5,14,16-17H2,(H,26,27). The van der Waals surface area contributed by atoms with Gasteiger partial charge >= 0.3 is 0 Å². The van der Waals surface area contributed by atoms with Crippen LogP contribution in [-0.2, 0) is 21.3 Å². The molecule has 0 spiro atoms. The fourth-order valence-electron chi connectivity index (χ4n) is 3.70. The molecular formula is C24H24FN3O4S. The van der Waals surface area contributed by atoms with E-state index in [9.17, 15) is 17.6 Å². The van der Waals surface area contributed by atoms with Crippen LogP contribution in [-0.4, -0.2) is 43.5 Å². The van der Waals surface area contributed by atoms with Crippen LogP contribution in [0.5, 0.6) is 0 Å². The number of aromatic nitrogens is 1. The Morgan fingerprint density at radius 3 is 2.55 bits per heavy atom. The number of amides is 1. The molecule has 33 heavy (non-hydrogen) atoms. The number of nitrogens with zero attached hydrogens (tertiary/aromatic N) is 2. The summed E-state index contributed by atoms with van der Waals surface area (Å²) in [4.78, 5) is 18.8. The lowest BCUT2D eigenvalue weighted by Crippen LogP contribution is -2.37. The zero-order valence-electron chi connectivity index (χ0n) is 17.9. The number of carbonyl (C=O) groups excluding carboxylic acids is 1. The van der Waals surface area contributed by atoms with Crippen LogP contribution in [0.4, 0.5) is 10.1 Å². The largest absolute Gasteiger partial charge is 0.376 e. The first-order valence-corrected chi connectivity index (χ1v) is 12.1. The van der Waals surface area contributed by atoms with Gasteiger partial charge in [0.15, 0.2) is 0 Å². The molecule has 1 atom stereocenters. The number of anilines is 1. The fourth-order valence-corrected chi connectivity index (χ4v) is 4.76. The zero-order valence-corrected chi connectivity index (χ0v) is 18.7. The van der Waals surface area contributed by atoms with Crippen LogP contribution in [0, 0.1) is 5.82 Å². The minimum absolute atomic E-state index is 0.0340. The van der Waals surface area contributed by atoms with E-state index in [1.54, 1.807) is 29.2 Å². The minimum atomic E-state index is -3.81. The van der Waals surface area contributed by atoms with Crippen molar-refractivity contribution in [1.29, 1.82) is 0 Å². The summed E-state index contributed by atoms with van der Waals surface area (Å²) in [5, 5.41) is 0. The van der Waals surface area contributed by atoms with Crippen LogP contribution >= 0.6 is 0 Å². The van der Waals surface area contributed by atoms with E-state index < -0.39 is 10.0 Å². The van der Waals surface area contributed by atoms with Gasteiger partial charge in [-0.05, 0) is 66.9 Å². The predicted molar refractivity (Wildman–Crippen MR) is 122 cm³/mol. The second-order valence-corrected chi connectivity index (χ2v) is 9.50. The number of rotatable bonds is 8. The highest BCUT2D eigenvalue weighted by atomic mass is 32.2. The lowest BCUT2D eigenvalue weighted by molar-refractivity contribution is 0.0507. The van der Waals surface area contributed by atoms with E-state index in [4.69, 9.17) is 4.74 Å². The molecule has 0 saturated carbocycles. The summed E-state index contributed by atoms with van der Waals surface area (Å²) in [5.74, 6) is -0.644. The van der Waals surface area contributed by atoms with Crippen molar-refractivity contribution >= 4 is 21.6 Å². The molecule has 3 aromatic rings. The van der Waals surface area contributed by atoms with Crippen molar-refractivity contribution in [3.63, 3.8) is 0 Å². The topological polar surface area (TPSA) is 88.6 Å². The summed E-state index contributed by atoms with van der Waals surface area (Å²) in [6.45, 7) is 1.25. The Bertz CT molecular complexity index is 1200. The Balaban J connectivity index is 1.52. The van der Waals surface area contributed by atoms with E-state index in [1.165, 1.54) is 48.8 Å². The molecule has 1 unspecified atom stereocenters. The van der Waals surface area contributed by atoms with Crippen LogP contribution in [0.25, 0.3) is 0 Å². The van der Waals surface area contributed by atoms with Gasteiger partial charge in [-0.15, -0.1) is 0 Å². The number of ether oxygens (including phenoxy) is 1. The van der Waals surface area contributed by atoms with Crippen molar-refractivity contribution in [3.05, 3.63) is 90.0 Å². The first-order chi connectivity index (χ1) is 15.9. The molecule has 1 fully saturated rings. The van der Waals surface area contributed by atoms with Crippen LogP contribution in [0.2, 0.25) is 0 Å². The molecule has 7 nitrogen and oxygen atoms in total. The Hall–Kier alpha value is -3.30. The minimum Gasteiger partial charge on any atom is -0.376 e. The molecule has 0 radical (unpaired) electrons. The molecule has 9 heteroatoms. The number of benzene rings is 2. The second-order valence-electron chi connectivity index (χ2n) is 7.82. The average molecular weight is 470 g/mol. The first-order valence-electron chi connectivity index (χ1n) is 10.6. The third-order valence-corrected chi connectivity index (χ3v) is 6.74. The van der Waals surface area contributed by atoms with E-state index in [-0.39, 0.29) is 29.3 Å². The van der Waals surface area contributed by atoms with Gasteiger partial charge in [-0.2, -0.15) is 0 Å². The Morgan fingerprint density at radius 1 is 1.12 bits per heavy atom. The van der Waals surface area contributed by atoms with Gasteiger partial charge in [0.05, 0.1) is 16.7 Å². The summed E-state index contributed by atoms with van der Waals surface area (Å²) in [6.07, 6.45) is 4.68. The van der Waals surface area contributed by atoms with Gasteiger partial charge in [0.2, 0.25) is 0 Å². The molecule has 0 aliphatic carbocycles. The van der Waals surface area contributed by atoms with Gasteiger partial charge < -0.3 is 9.64 Å². The highest BCUT2D eigenvalue weighted by Crippen LogP contribution is 2.20. The van der Waals surface area contributed by atoms with Crippen LogP contribution < -0.4 is 4.72 Å². The van der Waals surface area contributed by atoms with Crippen molar-refractivity contribution in [2.75, 3.05) is 17.9 Å². The van der Waals surface area contributed by atoms with E-state index in [0.717, 1.165) is 12.8 Å². The predicted octanol–water partition coefficient (Wildman–Crippen LogP) is 3.84. The molecule has 1 aliphatic heterocycles. The maximum Gasteiger partial charge on any atom is 0.261 e. The van der Waals surface area contributed by atoms with Gasteiger partial charge in [0.25, 0.3) is 15.9 Å². The monoisotopic (exact) mass is 469 g/mol. The van der Waals surface area contributed by atoms with E-state index >= 15 is 0 Å². The summed E-state index contributed by atoms with van der Waals surface area (Å²) in [6, 6.07) is 15.0. The summed E-state index contributed by atoms with van der Waals surface area (Å²) in [7, 11) is -3.81. The van der Waals surface area contributed by atoms with E-state index in [2.05, 4.69) is 9.71 Å². The number of sulfonamides is 1. The molecule has 1 saturated heterocycles. The van der Waals surface area contributed by atoms with Crippen molar-refractivity contribution < 1.29 is 22.3 Å². The zero-order chi connectivity index (χ0) is 23.3. The second kappa shape index (κ2) is 10.1. The lowest BCUT2D eigenvalue weighted by Gasteiger charge is -2.26. The number of hydrogen-bond acceptors (Lipinski definition) is 5. The van der Waals surface area contributed by atoms with Gasteiger partial charge in [-0.25, -0.2) is 12.8 Å². The van der Waals surface area contributed by atoms with Crippen molar-refractivity contribution in [2.45, 2.75) is 30.4 Å². The Labute approximate surface area is 192 Å². The van der Waals surface area contributed by atoms with Gasteiger partial charge in [-0.1, -0.05) is 12.1 Å². The normalized spacial score (nSPS) is 15.8. The van der Waals surface area contributed by atoms with Crippen LogP contribution in [0.3, 0.4) is 0 Å². The van der Waals surface area contributed by atoms with Gasteiger partial charge in [-0.3, -0.25) is 14.5 Å². The quantitative estimate of drug-likeness (QED) is 0.542. The average Bonchev–Trinajstić information content (AvgIpc) is 3.32. The molecule has 1 aliphatic rings. The van der Waals surface area contributed by atoms with Crippen LogP contribution in [0.1, 0.15) is 28.8 Å². The first kappa shape index (κ1) is 22.9. The number of hydrogen-bond donors (Lipinski definition) is 1. The molecule has 1 N–H and O–H groups in total. The highest BCUT2D eigenvalue weighted by molar-refractivity contribution is 7.92. The summed E-state index contributed by atoms with van der Waals surface area (Å²) in [5.41, 5.74) is 1.40. The summed E-state index contributed by atoms with van der Waals surface area (Å²) < 4.78 is 47.1. The van der Waals surface area contributed by atoms with E-state index in [0.29, 0.717) is 30.0 Å². The third kappa shape index (κ3) is 5.94. The molecule has 2 heterocycles. The van der Waals surface area contributed by atoms with Gasteiger partial charge in [0.1, 0.15) is 5.82 Å². The van der Waals surface area contributed by atoms with Crippen LogP contribution in [0.15, 0.2) is 78.0 Å². The molecule has 1 aromatic heterocycles. The van der Waals surface area contributed by atoms with Crippen molar-refractivity contribution in [3.8, 4) is 0 Å².